The SMILES string of the molecule is Cc1cccc(-c2ccccc2)c1N1c2c(ccc(C#N)c2C#N)N(C)[C@@H]1C. The van der Waals surface area contributed by atoms with Crippen LogP contribution in [0, 0.1) is 29.6 Å². The topological polar surface area (TPSA) is 54.1 Å². The summed E-state index contributed by atoms with van der Waals surface area (Å²) >= 11 is 0. The molecule has 28 heavy (non-hydrogen) atoms. The van der Waals surface area contributed by atoms with Crippen molar-refractivity contribution in [2.75, 3.05) is 16.8 Å². The van der Waals surface area contributed by atoms with Gasteiger partial charge in [-0.15, -0.1) is 0 Å². The minimum Gasteiger partial charge on any atom is -0.352 e. The number of fused-ring (bicyclic) bond motifs is 1. The summed E-state index contributed by atoms with van der Waals surface area (Å²) in [5, 5.41) is 19.4. The van der Waals surface area contributed by atoms with Crippen LogP contribution in [-0.4, -0.2) is 13.2 Å². The van der Waals surface area contributed by atoms with E-state index in [1.54, 1.807) is 6.07 Å². The fraction of sp³-hybridized carbons (Fsp3) is 0.167. The van der Waals surface area contributed by atoms with Gasteiger partial charge >= 0.3 is 0 Å². The summed E-state index contributed by atoms with van der Waals surface area (Å²) < 4.78 is 0. The Bertz CT molecular complexity index is 1140. The second-order valence-electron chi connectivity index (χ2n) is 7.03. The quantitative estimate of drug-likeness (QED) is 0.616. The van der Waals surface area contributed by atoms with Gasteiger partial charge in [0, 0.05) is 12.6 Å². The molecule has 1 heterocycles. The van der Waals surface area contributed by atoms with Crippen LogP contribution in [0.1, 0.15) is 23.6 Å². The average Bonchev–Trinajstić information content (AvgIpc) is 2.98. The molecular formula is C24H20N4. The highest BCUT2D eigenvalue weighted by molar-refractivity contribution is 5.94. The first-order valence-corrected chi connectivity index (χ1v) is 9.22. The van der Waals surface area contributed by atoms with Crippen LogP contribution < -0.4 is 9.80 Å². The molecule has 0 unspecified atom stereocenters. The zero-order chi connectivity index (χ0) is 19.8. The summed E-state index contributed by atoms with van der Waals surface area (Å²) in [6, 6.07) is 24.6. The summed E-state index contributed by atoms with van der Waals surface area (Å²) in [5.74, 6) is 0. The minimum atomic E-state index is 0.0135. The van der Waals surface area contributed by atoms with Crippen molar-refractivity contribution in [2.45, 2.75) is 20.0 Å². The number of benzene rings is 3. The molecule has 136 valence electrons. The number of aryl methyl sites for hydroxylation is 1. The second-order valence-corrected chi connectivity index (χ2v) is 7.03. The Morgan fingerprint density at radius 2 is 1.61 bits per heavy atom. The highest BCUT2D eigenvalue weighted by Gasteiger charge is 2.36. The lowest BCUT2D eigenvalue weighted by atomic mass is 9.98. The molecule has 0 bridgehead atoms. The molecule has 4 rings (SSSR count). The monoisotopic (exact) mass is 364 g/mol. The molecular weight excluding hydrogens is 344 g/mol. The van der Waals surface area contributed by atoms with Crippen LogP contribution >= 0.6 is 0 Å². The van der Waals surface area contributed by atoms with Crippen LogP contribution in [-0.2, 0) is 0 Å². The van der Waals surface area contributed by atoms with E-state index in [0.29, 0.717) is 11.1 Å². The maximum absolute atomic E-state index is 9.86. The maximum Gasteiger partial charge on any atom is 0.103 e. The van der Waals surface area contributed by atoms with E-state index in [-0.39, 0.29) is 6.17 Å². The Labute approximate surface area is 165 Å². The summed E-state index contributed by atoms with van der Waals surface area (Å²) in [4.78, 5) is 4.35. The summed E-state index contributed by atoms with van der Waals surface area (Å²) in [6.07, 6.45) is 0.0135. The average molecular weight is 364 g/mol. The number of rotatable bonds is 2. The van der Waals surface area contributed by atoms with E-state index in [1.807, 2.05) is 31.3 Å². The Kier molecular flexibility index (Phi) is 4.26. The lowest BCUT2D eigenvalue weighted by molar-refractivity contribution is 0.733. The molecule has 0 aromatic heterocycles. The smallest absolute Gasteiger partial charge is 0.103 e. The Balaban J connectivity index is 2.04. The van der Waals surface area contributed by atoms with Gasteiger partial charge in [0.25, 0.3) is 0 Å². The predicted octanol–water partition coefficient (Wildman–Crippen LogP) is 5.34. The Morgan fingerprint density at radius 3 is 2.29 bits per heavy atom. The molecule has 0 N–H and O–H groups in total. The first-order valence-electron chi connectivity index (χ1n) is 9.22. The highest BCUT2D eigenvalue weighted by Crippen LogP contribution is 2.49. The number of nitriles is 2. The molecule has 0 fully saturated rings. The van der Waals surface area contributed by atoms with Crippen LogP contribution in [0.2, 0.25) is 0 Å². The molecule has 1 atom stereocenters. The number of hydrogen-bond donors (Lipinski definition) is 0. The molecule has 0 spiro atoms. The van der Waals surface area contributed by atoms with Gasteiger partial charge in [0.05, 0.1) is 28.2 Å². The maximum atomic E-state index is 9.86. The van der Waals surface area contributed by atoms with Crippen molar-refractivity contribution in [1.82, 2.24) is 0 Å². The van der Waals surface area contributed by atoms with Gasteiger partial charge in [0.2, 0.25) is 0 Å². The number of anilines is 3. The molecule has 0 amide bonds. The van der Waals surface area contributed by atoms with Crippen molar-refractivity contribution in [1.29, 1.82) is 10.5 Å². The molecule has 0 saturated carbocycles. The summed E-state index contributed by atoms with van der Waals surface area (Å²) in [6.45, 7) is 4.21. The standard InChI is InChI=1S/C24H20N4/c1-16-8-7-11-20(18-9-5-4-6-10-18)23(16)28-17(2)27(3)22-13-12-19(14-25)21(15-26)24(22)28/h4-13,17H,1-3H3/t17-/m0/s1. The molecule has 0 radical (unpaired) electrons. The van der Waals surface area contributed by atoms with Crippen molar-refractivity contribution in [2.24, 2.45) is 0 Å². The third kappa shape index (κ3) is 2.51. The first kappa shape index (κ1) is 17.6. The zero-order valence-corrected chi connectivity index (χ0v) is 16.1. The molecule has 4 heteroatoms. The molecule has 1 aliphatic rings. The molecule has 1 aliphatic heterocycles. The van der Waals surface area contributed by atoms with Crippen LogP contribution in [0.4, 0.5) is 17.1 Å². The van der Waals surface area contributed by atoms with Gasteiger partial charge in [0.1, 0.15) is 18.3 Å². The van der Waals surface area contributed by atoms with E-state index in [1.165, 1.54) is 0 Å². The minimum absolute atomic E-state index is 0.0135. The Hall–Kier alpha value is -3.76. The largest absolute Gasteiger partial charge is 0.352 e. The van der Waals surface area contributed by atoms with E-state index in [2.05, 4.69) is 66.1 Å². The van der Waals surface area contributed by atoms with Gasteiger partial charge < -0.3 is 9.80 Å². The van der Waals surface area contributed by atoms with E-state index >= 15 is 0 Å². The zero-order valence-electron chi connectivity index (χ0n) is 16.1. The third-order valence-corrected chi connectivity index (χ3v) is 5.51. The number of hydrogen-bond acceptors (Lipinski definition) is 4. The molecule has 4 nitrogen and oxygen atoms in total. The molecule has 3 aromatic rings. The van der Waals surface area contributed by atoms with Crippen molar-refractivity contribution < 1.29 is 0 Å². The Morgan fingerprint density at radius 1 is 0.857 bits per heavy atom. The second kappa shape index (κ2) is 6.76. The van der Waals surface area contributed by atoms with E-state index < -0.39 is 0 Å². The van der Waals surface area contributed by atoms with Crippen LogP contribution in [0.25, 0.3) is 11.1 Å². The summed E-state index contributed by atoms with van der Waals surface area (Å²) in [5.41, 5.74) is 7.04. The lowest BCUT2D eigenvalue weighted by Gasteiger charge is -2.31. The van der Waals surface area contributed by atoms with Crippen molar-refractivity contribution in [3.63, 3.8) is 0 Å². The normalized spacial score (nSPS) is 15.1. The molecule has 0 aliphatic carbocycles. The van der Waals surface area contributed by atoms with Crippen LogP contribution in [0.5, 0.6) is 0 Å². The fourth-order valence-electron chi connectivity index (χ4n) is 4.00. The van der Waals surface area contributed by atoms with Gasteiger partial charge in [-0.05, 0) is 37.1 Å². The third-order valence-electron chi connectivity index (χ3n) is 5.51. The summed E-state index contributed by atoms with van der Waals surface area (Å²) in [7, 11) is 2.02. The lowest BCUT2D eigenvalue weighted by Crippen LogP contribution is -2.36. The van der Waals surface area contributed by atoms with Crippen LogP contribution in [0.15, 0.2) is 60.7 Å². The molecule has 0 saturated heterocycles. The van der Waals surface area contributed by atoms with Gasteiger partial charge in [-0.25, -0.2) is 0 Å². The molecule has 3 aromatic carbocycles. The number of nitrogens with zero attached hydrogens (tertiary/aromatic N) is 4. The van der Waals surface area contributed by atoms with E-state index in [4.69, 9.17) is 0 Å². The van der Waals surface area contributed by atoms with Gasteiger partial charge in [-0.1, -0.05) is 48.5 Å². The highest BCUT2D eigenvalue weighted by atomic mass is 15.4. The van der Waals surface area contributed by atoms with Crippen molar-refractivity contribution in [3.05, 3.63) is 77.4 Å². The van der Waals surface area contributed by atoms with Gasteiger partial charge in [0.15, 0.2) is 0 Å². The van der Waals surface area contributed by atoms with Crippen molar-refractivity contribution >= 4 is 17.1 Å². The van der Waals surface area contributed by atoms with E-state index in [9.17, 15) is 10.5 Å². The first-order chi connectivity index (χ1) is 13.6. The van der Waals surface area contributed by atoms with Gasteiger partial charge in [-0.3, -0.25) is 0 Å². The van der Waals surface area contributed by atoms with Crippen molar-refractivity contribution in [3.8, 4) is 23.3 Å². The van der Waals surface area contributed by atoms with E-state index in [0.717, 1.165) is 33.8 Å². The number of para-hydroxylation sites is 1. The predicted molar refractivity (Wildman–Crippen MR) is 112 cm³/mol. The van der Waals surface area contributed by atoms with Crippen LogP contribution in [0.3, 0.4) is 0 Å². The fourth-order valence-corrected chi connectivity index (χ4v) is 4.00. The van der Waals surface area contributed by atoms with Gasteiger partial charge in [-0.2, -0.15) is 10.5 Å².